The van der Waals surface area contributed by atoms with E-state index in [9.17, 15) is 12.8 Å². The Morgan fingerprint density at radius 2 is 2.05 bits per heavy atom. The molecule has 0 bridgehead atoms. The largest absolute Gasteiger partial charge is 0.298 e. The molecule has 3 rings (SSSR count). The van der Waals surface area contributed by atoms with E-state index in [1.165, 1.54) is 16.4 Å². The van der Waals surface area contributed by atoms with E-state index >= 15 is 0 Å². The molecular weight excluding hydrogens is 303 g/mol. The van der Waals surface area contributed by atoms with Crippen molar-refractivity contribution >= 4 is 21.6 Å². The van der Waals surface area contributed by atoms with Crippen LogP contribution in [0.2, 0.25) is 5.02 Å². The van der Waals surface area contributed by atoms with E-state index in [2.05, 4.69) is 4.90 Å². The van der Waals surface area contributed by atoms with Gasteiger partial charge in [0, 0.05) is 30.7 Å². The summed E-state index contributed by atoms with van der Waals surface area (Å²) in [6.07, 6.45) is 2.11. The molecule has 0 aliphatic carbocycles. The number of fused-ring (bicyclic) bond motifs is 1. The molecule has 4 nitrogen and oxygen atoms in total. The van der Waals surface area contributed by atoms with Gasteiger partial charge in [-0.2, -0.15) is 4.31 Å². The van der Waals surface area contributed by atoms with Crippen molar-refractivity contribution in [1.82, 2.24) is 9.21 Å². The zero-order valence-electron chi connectivity index (χ0n) is 10.9. The Kier molecular flexibility index (Phi) is 3.75. The number of piperazine rings is 1. The summed E-state index contributed by atoms with van der Waals surface area (Å²) in [5.74, 6) is -0.786. The summed E-state index contributed by atoms with van der Waals surface area (Å²) in [5.41, 5.74) is 0. The van der Waals surface area contributed by atoms with Gasteiger partial charge in [-0.25, -0.2) is 12.8 Å². The fourth-order valence-electron chi connectivity index (χ4n) is 3.00. The van der Waals surface area contributed by atoms with E-state index in [1.54, 1.807) is 0 Å². The number of rotatable bonds is 2. The van der Waals surface area contributed by atoms with Crippen LogP contribution in [0.3, 0.4) is 0 Å². The van der Waals surface area contributed by atoms with E-state index in [1.807, 2.05) is 0 Å². The van der Waals surface area contributed by atoms with Gasteiger partial charge in [-0.3, -0.25) is 4.90 Å². The zero-order chi connectivity index (χ0) is 14.3. The second kappa shape index (κ2) is 5.26. The molecule has 0 N–H and O–H groups in total. The summed E-state index contributed by atoms with van der Waals surface area (Å²) < 4.78 is 40.3. The van der Waals surface area contributed by atoms with Crippen molar-refractivity contribution < 1.29 is 12.8 Å². The fraction of sp³-hybridized carbons (Fsp3) is 0.538. The first-order valence-corrected chi connectivity index (χ1v) is 8.49. The Bertz CT molecular complexity index is 623. The van der Waals surface area contributed by atoms with Crippen molar-refractivity contribution in [3.63, 3.8) is 0 Å². The Hall–Kier alpha value is -0.690. The highest BCUT2D eigenvalue weighted by molar-refractivity contribution is 7.89. The lowest BCUT2D eigenvalue weighted by Crippen LogP contribution is -2.52. The van der Waals surface area contributed by atoms with Crippen LogP contribution in [0, 0.1) is 5.82 Å². The second-order valence-corrected chi connectivity index (χ2v) is 7.61. The maximum Gasteiger partial charge on any atom is 0.246 e. The monoisotopic (exact) mass is 318 g/mol. The third-order valence-corrected chi connectivity index (χ3v) is 6.20. The van der Waals surface area contributed by atoms with E-state index < -0.39 is 15.8 Å². The van der Waals surface area contributed by atoms with Gasteiger partial charge in [0.2, 0.25) is 10.0 Å². The molecule has 1 unspecified atom stereocenters. The van der Waals surface area contributed by atoms with Gasteiger partial charge >= 0.3 is 0 Å². The second-order valence-electron chi connectivity index (χ2n) is 5.27. The summed E-state index contributed by atoms with van der Waals surface area (Å²) >= 11 is 5.67. The van der Waals surface area contributed by atoms with E-state index in [-0.39, 0.29) is 16.0 Å². The van der Waals surface area contributed by atoms with Gasteiger partial charge in [0.25, 0.3) is 0 Å². The third kappa shape index (κ3) is 2.45. The molecule has 2 aliphatic rings. The number of hydrogen-bond acceptors (Lipinski definition) is 3. The maximum absolute atomic E-state index is 13.9. The van der Waals surface area contributed by atoms with E-state index in [4.69, 9.17) is 11.6 Å². The van der Waals surface area contributed by atoms with Crippen LogP contribution in [-0.4, -0.2) is 49.8 Å². The smallest absolute Gasteiger partial charge is 0.246 e. The average molecular weight is 319 g/mol. The lowest BCUT2D eigenvalue weighted by atomic mass is 10.2. The first-order chi connectivity index (χ1) is 9.48. The molecule has 7 heteroatoms. The van der Waals surface area contributed by atoms with Crippen LogP contribution in [0.15, 0.2) is 23.1 Å². The summed E-state index contributed by atoms with van der Waals surface area (Å²) in [5, 5.41) is 0.196. The molecule has 1 atom stereocenters. The molecule has 0 radical (unpaired) electrons. The number of halogens is 2. The fourth-order valence-corrected chi connectivity index (χ4v) is 4.68. The zero-order valence-corrected chi connectivity index (χ0v) is 12.5. The highest BCUT2D eigenvalue weighted by Crippen LogP contribution is 2.27. The first kappa shape index (κ1) is 14.3. The van der Waals surface area contributed by atoms with Gasteiger partial charge in [-0.15, -0.1) is 0 Å². The minimum atomic E-state index is -3.78. The summed E-state index contributed by atoms with van der Waals surface area (Å²) in [7, 11) is -3.78. The van der Waals surface area contributed by atoms with Crippen molar-refractivity contribution in [3.8, 4) is 0 Å². The molecule has 110 valence electrons. The van der Waals surface area contributed by atoms with Gasteiger partial charge in [0.15, 0.2) is 0 Å². The Balaban J connectivity index is 1.88. The normalized spacial score (nSPS) is 24.8. The predicted octanol–water partition coefficient (Wildman–Crippen LogP) is 1.95. The molecule has 2 fully saturated rings. The summed E-state index contributed by atoms with van der Waals surface area (Å²) in [6, 6.07) is 3.96. The first-order valence-electron chi connectivity index (χ1n) is 6.68. The van der Waals surface area contributed by atoms with Crippen molar-refractivity contribution in [3.05, 3.63) is 29.0 Å². The van der Waals surface area contributed by atoms with Gasteiger partial charge in [-0.05, 0) is 37.6 Å². The van der Waals surface area contributed by atoms with Gasteiger partial charge in [0.1, 0.15) is 10.7 Å². The molecule has 0 saturated carbocycles. The van der Waals surface area contributed by atoms with Crippen molar-refractivity contribution in [2.75, 3.05) is 26.2 Å². The standard InChI is InChI=1S/C13H16ClFN2O2S/c14-10-3-4-13(12(15)8-10)20(18,19)17-7-6-16-5-1-2-11(16)9-17/h3-4,8,11H,1-2,5-7,9H2. The maximum atomic E-state index is 13.9. The van der Waals surface area contributed by atoms with E-state index in [0.717, 1.165) is 32.0 Å². The topological polar surface area (TPSA) is 40.6 Å². The Labute approximate surface area is 123 Å². The van der Waals surface area contributed by atoms with Gasteiger partial charge in [0.05, 0.1) is 0 Å². The van der Waals surface area contributed by atoms with Crippen LogP contribution < -0.4 is 0 Å². The van der Waals surface area contributed by atoms with Crippen LogP contribution in [0.25, 0.3) is 0 Å². The third-order valence-electron chi connectivity index (χ3n) is 4.06. The molecular formula is C13H16ClFN2O2S. The van der Waals surface area contributed by atoms with Gasteiger partial charge < -0.3 is 0 Å². The molecule has 2 saturated heterocycles. The lowest BCUT2D eigenvalue weighted by molar-refractivity contribution is 0.158. The predicted molar refractivity (Wildman–Crippen MR) is 74.8 cm³/mol. The Morgan fingerprint density at radius 1 is 1.25 bits per heavy atom. The molecule has 0 aromatic heterocycles. The van der Waals surface area contributed by atoms with Gasteiger partial charge in [-0.1, -0.05) is 11.6 Å². The van der Waals surface area contributed by atoms with Crippen LogP contribution in [-0.2, 0) is 10.0 Å². The van der Waals surface area contributed by atoms with Crippen LogP contribution in [0.1, 0.15) is 12.8 Å². The molecule has 0 spiro atoms. The SMILES string of the molecule is O=S(=O)(c1ccc(Cl)cc1F)N1CCN2CCCC2C1. The van der Waals surface area contributed by atoms with Crippen LogP contribution in [0.4, 0.5) is 4.39 Å². The van der Waals surface area contributed by atoms with Crippen LogP contribution >= 0.6 is 11.6 Å². The number of sulfonamides is 1. The lowest BCUT2D eigenvalue weighted by Gasteiger charge is -2.36. The van der Waals surface area contributed by atoms with Crippen molar-refractivity contribution in [2.24, 2.45) is 0 Å². The minimum Gasteiger partial charge on any atom is -0.298 e. The quantitative estimate of drug-likeness (QED) is 0.837. The number of hydrogen-bond donors (Lipinski definition) is 0. The van der Waals surface area contributed by atoms with E-state index in [0.29, 0.717) is 13.1 Å². The summed E-state index contributed by atoms with van der Waals surface area (Å²) in [6.45, 7) is 2.62. The average Bonchev–Trinajstić information content (AvgIpc) is 2.85. The number of benzene rings is 1. The molecule has 0 amide bonds. The van der Waals surface area contributed by atoms with Crippen LogP contribution in [0.5, 0.6) is 0 Å². The minimum absolute atomic E-state index is 0.196. The molecule has 1 aromatic rings. The van der Waals surface area contributed by atoms with Crippen molar-refractivity contribution in [1.29, 1.82) is 0 Å². The molecule has 2 aliphatic heterocycles. The summed E-state index contributed by atoms with van der Waals surface area (Å²) in [4.78, 5) is 2.03. The highest BCUT2D eigenvalue weighted by atomic mass is 35.5. The highest BCUT2D eigenvalue weighted by Gasteiger charge is 2.37. The number of nitrogens with zero attached hydrogens (tertiary/aromatic N) is 2. The van der Waals surface area contributed by atoms with Crippen molar-refractivity contribution in [2.45, 2.75) is 23.8 Å². The molecule has 20 heavy (non-hydrogen) atoms. The molecule has 2 heterocycles. The Morgan fingerprint density at radius 3 is 2.80 bits per heavy atom. The molecule has 1 aromatic carbocycles.